The van der Waals surface area contributed by atoms with E-state index in [1.807, 2.05) is 0 Å². The monoisotopic (exact) mass is 408 g/mol. The van der Waals surface area contributed by atoms with Crippen molar-refractivity contribution in [3.63, 3.8) is 0 Å². The maximum atomic E-state index is 12.8. The van der Waals surface area contributed by atoms with Gasteiger partial charge >= 0.3 is 5.97 Å². The molecular weight excluding hydrogens is 388 g/mol. The maximum absolute atomic E-state index is 12.8. The predicted molar refractivity (Wildman–Crippen MR) is 101 cm³/mol. The summed E-state index contributed by atoms with van der Waals surface area (Å²) in [7, 11) is -1.19. The van der Waals surface area contributed by atoms with Gasteiger partial charge in [-0.05, 0) is 42.0 Å². The molecule has 0 spiro atoms. The van der Waals surface area contributed by atoms with Gasteiger partial charge in [-0.15, -0.1) is 11.3 Å². The van der Waals surface area contributed by atoms with E-state index in [-0.39, 0.29) is 28.3 Å². The molecule has 1 heterocycles. The van der Waals surface area contributed by atoms with Gasteiger partial charge in [-0.1, -0.05) is 12.1 Å². The van der Waals surface area contributed by atoms with Crippen LogP contribution in [0.15, 0.2) is 40.6 Å². The molecule has 1 amide bonds. The van der Waals surface area contributed by atoms with E-state index < -0.39 is 16.0 Å². The normalized spacial score (nSPS) is 14.2. The van der Waals surface area contributed by atoms with Crippen molar-refractivity contribution in [2.24, 2.45) is 0 Å². The number of esters is 1. The van der Waals surface area contributed by atoms with E-state index in [0.717, 1.165) is 29.7 Å². The average molecular weight is 409 g/mol. The number of nitrogens with one attached hydrogen (secondary N) is 1. The van der Waals surface area contributed by atoms with Crippen LogP contribution in [-0.2, 0) is 21.3 Å². The molecule has 1 aliphatic carbocycles. The van der Waals surface area contributed by atoms with E-state index >= 15 is 0 Å². The van der Waals surface area contributed by atoms with Gasteiger partial charge in [-0.25, -0.2) is 13.2 Å². The molecule has 0 atom stereocenters. The number of sulfonamides is 1. The van der Waals surface area contributed by atoms with E-state index in [2.05, 4.69) is 10.1 Å². The van der Waals surface area contributed by atoms with Crippen LogP contribution in [-0.4, -0.2) is 44.8 Å². The molecule has 1 fully saturated rings. The van der Waals surface area contributed by atoms with Crippen molar-refractivity contribution in [1.29, 1.82) is 0 Å². The van der Waals surface area contributed by atoms with E-state index in [1.54, 1.807) is 29.6 Å². The fourth-order valence-corrected chi connectivity index (χ4v) is 4.97. The van der Waals surface area contributed by atoms with Gasteiger partial charge in [0.15, 0.2) is 0 Å². The molecule has 3 rings (SSSR count). The molecule has 144 valence electrons. The Bertz CT molecular complexity index is 946. The number of thiophene rings is 1. The maximum Gasteiger partial charge on any atom is 0.349 e. The van der Waals surface area contributed by atoms with Crippen LogP contribution < -0.4 is 5.32 Å². The number of nitrogens with zero attached hydrogens (tertiary/aromatic N) is 1. The van der Waals surface area contributed by atoms with Crippen LogP contribution in [0.1, 0.15) is 38.4 Å². The SMILES string of the molecule is COC(=O)c1sccc1S(=O)(=O)N(C)Cc1ccc(C(=O)NC2CC2)cc1. The quantitative estimate of drug-likeness (QED) is 0.710. The van der Waals surface area contributed by atoms with E-state index in [0.29, 0.717) is 5.56 Å². The first-order valence-corrected chi connectivity index (χ1v) is 10.7. The van der Waals surface area contributed by atoms with Gasteiger partial charge in [0, 0.05) is 25.2 Å². The van der Waals surface area contributed by atoms with Crippen LogP contribution in [0, 0.1) is 0 Å². The van der Waals surface area contributed by atoms with Gasteiger partial charge in [0.25, 0.3) is 5.91 Å². The van der Waals surface area contributed by atoms with Crippen molar-refractivity contribution < 1.29 is 22.7 Å². The summed E-state index contributed by atoms with van der Waals surface area (Å²) in [6.07, 6.45) is 2.03. The lowest BCUT2D eigenvalue weighted by Crippen LogP contribution is -2.27. The fraction of sp³-hybridized carbons (Fsp3) is 0.333. The molecule has 0 aliphatic heterocycles. The lowest BCUT2D eigenvalue weighted by Gasteiger charge is -2.17. The first kappa shape index (κ1) is 19.5. The number of benzene rings is 1. The van der Waals surface area contributed by atoms with Gasteiger partial charge in [-0.3, -0.25) is 4.79 Å². The highest BCUT2D eigenvalue weighted by atomic mass is 32.2. The van der Waals surface area contributed by atoms with Gasteiger partial charge in [0.1, 0.15) is 9.77 Å². The van der Waals surface area contributed by atoms with Crippen LogP contribution >= 0.6 is 11.3 Å². The highest BCUT2D eigenvalue weighted by molar-refractivity contribution is 7.89. The number of amides is 1. The predicted octanol–water partition coefficient (Wildman–Crippen LogP) is 2.25. The summed E-state index contributed by atoms with van der Waals surface area (Å²) in [5, 5.41) is 4.45. The lowest BCUT2D eigenvalue weighted by molar-refractivity contribution is 0.0602. The second-order valence-electron chi connectivity index (χ2n) is 6.31. The third-order valence-corrected chi connectivity index (χ3v) is 7.09. The molecule has 9 heteroatoms. The molecule has 0 bridgehead atoms. The van der Waals surface area contributed by atoms with Gasteiger partial charge in [-0.2, -0.15) is 4.31 Å². The highest BCUT2D eigenvalue weighted by Gasteiger charge is 2.28. The summed E-state index contributed by atoms with van der Waals surface area (Å²) in [4.78, 5) is 23.8. The smallest absolute Gasteiger partial charge is 0.349 e. The fourth-order valence-electron chi connectivity index (χ4n) is 2.51. The molecule has 1 aromatic carbocycles. The Kier molecular flexibility index (Phi) is 5.64. The number of carbonyl (C=O) groups excluding carboxylic acids is 2. The number of rotatable bonds is 7. The summed E-state index contributed by atoms with van der Waals surface area (Å²) in [5.41, 5.74) is 1.28. The van der Waals surface area contributed by atoms with Crippen molar-refractivity contribution in [2.45, 2.75) is 30.3 Å². The van der Waals surface area contributed by atoms with E-state index in [9.17, 15) is 18.0 Å². The number of carbonyl (C=O) groups is 2. The standard InChI is InChI=1S/C18H20N2O5S2/c1-20(27(23,24)15-9-10-26-16(15)18(22)25-2)11-12-3-5-13(6-4-12)17(21)19-14-7-8-14/h3-6,9-10,14H,7-8,11H2,1-2H3,(H,19,21). The van der Waals surface area contributed by atoms with Gasteiger partial charge in [0.05, 0.1) is 7.11 Å². The molecule has 0 radical (unpaired) electrons. The van der Waals surface area contributed by atoms with Crippen LogP contribution in [0.3, 0.4) is 0 Å². The highest BCUT2D eigenvalue weighted by Crippen LogP contribution is 2.26. The Labute approximate surface area is 162 Å². The van der Waals surface area contributed by atoms with Crippen molar-refractivity contribution >= 4 is 33.2 Å². The minimum absolute atomic E-state index is 0.0523. The molecule has 1 N–H and O–H groups in total. The second-order valence-corrected chi connectivity index (χ2v) is 9.24. The first-order valence-electron chi connectivity index (χ1n) is 8.35. The summed E-state index contributed by atoms with van der Waals surface area (Å²) >= 11 is 1.02. The number of hydrogen-bond donors (Lipinski definition) is 1. The van der Waals surface area contributed by atoms with Crippen molar-refractivity contribution in [3.05, 3.63) is 51.7 Å². The summed E-state index contributed by atoms with van der Waals surface area (Å²) < 4.78 is 31.4. The zero-order valence-corrected chi connectivity index (χ0v) is 16.6. The molecule has 2 aromatic rings. The van der Waals surface area contributed by atoms with E-state index in [4.69, 9.17) is 0 Å². The Balaban J connectivity index is 1.72. The molecule has 27 heavy (non-hydrogen) atoms. The van der Waals surface area contributed by atoms with Crippen LogP contribution in [0.2, 0.25) is 0 Å². The Hall–Kier alpha value is -2.23. The average Bonchev–Trinajstić information content (AvgIpc) is 3.32. The molecule has 7 nitrogen and oxygen atoms in total. The topological polar surface area (TPSA) is 92.8 Å². The number of ether oxygens (including phenoxy) is 1. The Morgan fingerprint density at radius 2 is 1.89 bits per heavy atom. The summed E-state index contributed by atoms with van der Waals surface area (Å²) in [5.74, 6) is -0.797. The van der Waals surface area contributed by atoms with Crippen molar-refractivity contribution in [2.75, 3.05) is 14.2 Å². The van der Waals surface area contributed by atoms with Gasteiger partial charge in [0.2, 0.25) is 10.0 Å². The van der Waals surface area contributed by atoms with Gasteiger partial charge < -0.3 is 10.1 Å². The zero-order valence-electron chi connectivity index (χ0n) is 15.0. The Morgan fingerprint density at radius 3 is 2.48 bits per heavy atom. The van der Waals surface area contributed by atoms with Crippen molar-refractivity contribution in [1.82, 2.24) is 9.62 Å². The van der Waals surface area contributed by atoms with Crippen LogP contribution in [0.25, 0.3) is 0 Å². The van der Waals surface area contributed by atoms with Crippen molar-refractivity contribution in [3.8, 4) is 0 Å². The molecule has 1 aliphatic rings. The van der Waals surface area contributed by atoms with E-state index in [1.165, 1.54) is 24.5 Å². The third-order valence-electron chi connectivity index (χ3n) is 4.22. The number of methoxy groups -OCH3 is 1. The number of hydrogen-bond acceptors (Lipinski definition) is 6. The second kappa shape index (κ2) is 7.79. The molecule has 0 unspecified atom stereocenters. The first-order chi connectivity index (χ1) is 12.8. The molecule has 0 saturated heterocycles. The van der Waals surface area contributed by atoms with Crippen LogP contribution in [0.5, 0.6) is 0 Å². The summed E-state index contributed by atoms with van der Waals surface area (Å²) in [6.45, 7) is 0.114. The lowest BCUT2D eigenvalue weighted by atomic mass is 10.1. The Morgan fingerprint density at radius 1 is 1.22 bits per heavy atom. The molecule has 1 aromatic heterocycles. The molecular formula is C18H20N2O5S2. The van der Waals surface area contributed by atoms with Crippen LogP contribution in [0.4, 0.5) is 0 Å². The zero-order chi connectivity index (χ0) is 19.6. The minimum atomic E-state index is -3.85. The minimum Gasteiger partial charge on any atom is -0.465 e. The third kappa shape index (κ3) is 4.37. The summed E-state index contributed by atoms with van der Waals surface area (Å²) in [6, 6.07) is 8.48. The molecule has 1 saturated carbocycles. The largest absolute Gasteiger partial charge is 0.465 e.